The zero-order chi connectivity index (χ0) is 13.8. The van der Waals surface area contributed by atoms with E-state index in [1.165, 1.54) is 24.3 Å². The number of benzene rings is 2. The quantitative estimate of drug-likeness (QED) is 0.917. The molecular formula is C14H9ClF2N2. The van der Waals surface area contributed by atoms with E-state index in [2.05, 4.69) is 5.32 Å². The van der Waals surface area contributed by atoms with Gasteiger partial charge >= 0.3 is 0 Å². The molecule has 1 N–H and O–H groups in total. The molecule has 0 aliphatic heterocycles. The maximum Gasteiger partial charge on any atom is 0.124 e. The summed E-state index contributed by atoms with van der Waals surface area (Å²) in [6.07, 6.45) is 0. The van der Waals surface area contributed by atoms with Gasteiger partial charge in [0.05, 0.1) is 22.3 Å². The number of nitrogens with zero attached hydrogens (tertiary/aromatic N) is 1. The van der Waals surface area contributed by atoms with E-state index in [0.717, 1.165) is 6.07 Å². The smallest absolute Gasteiger partial charge is 0.124 e. The van der Waals surface area contributed by atoms with Crippen LogP contribution in [0, 0.1) is 23.0 Å². The van der Waals surface area contributed by atoms with Crippen molar-refractivity contribution in [2.45, 2.75) is 6.54 Å². The summed E-state index contributed by atoms with van der Waals surface area (Å²) < 4.78 is 26.1. The number of hydrogen-bond donors (Lipinski definition) is 1. The Labute approximate surface area is 114 Å². The van der Waals surface area contributed by atoms with Gasteiger partial charge in [-0.3, -0.25) is 0 Å². The van der Waals surface area contributed by atoms with Gasteiger partial charge in [-0.25, -0.2) is 8.78 Å². The van der Waals surface area contributed by atoms with E-state index < -0.39 is 11.6 Å². The van der Waals surface area contributed by atoms with Gasteiger partial charge in [-0.15, -0.1) is 0 Å². The molecule has 0 saturated heterocycles. The number of anilines is 1. The van der Waals surface area contributed by atoms with Crippen molar-refractivity contribution in [1.29, 1.82) is 5.26 Å². The van der Waals surface area contributed by atoms with Crippen LogP contribution in [0.2, 0.25) is 5.02 Å². The van der Waals surface area contributed by atoms with Crippen LogP contribution in [0.4, 0.5) is 14.5 Å². The van der Waals surface area contributed by atoms with Crippen LogP contribution in [-0.2, 0) is 6.54 Å². The molecule has 2 rings (SSSR count). The first kappa shape index (κ1) is 13.3. The average molecular weight is 279 g/mol. The molecule has 0 saturated carbocycles. The predicted octanol–water partition coefficient (Wildman–Crippen LogP) is 4.10. The first-order valence-electron chi connectivity index (χ1n) is 5.47. The molecule has 0 bridgehead atoms. The van der Waals surface area contributed by atoms with Gasteiger partial charge in [-0.05, 0) is 42.0 Å². The van der Waals surface area contributed by atoms with E-state index in [0.29, 0.717) is 11.3 Å². The van der Waals surface area contributed by atoms with E-state index in [1.54, 1.807) is 6.07 Å². The summed E-state index contributed by atoms with van der Waals surface area (Å²) in [4.78, 5) is 0. The molecule has 2 aromatic carbocycles. The maximum absolute atomic E-state index is 13.2. The van der Waals surface area contributed by atoms with Gasteiger partial charge in [-0.2, -0.15) is 5.26 Å². The topological polar surface area (TPSA) is 35.8 Å². The van der Waals surface area contributed by atoms with Gasteiger partial charge in [0.1, 0.15) is 11.6 Å². The molecule has 0 fully saturated rings. The number of nitrogens with one attached hydrogen (secondary N) is 1. The SMILES string of the molecule is N#Cc1cc(F)cc(CNc2ccc(F)cc2Cl)c1. The minimum Gasteiger partial charge on any atom is -0.380 e. The summed E-state index contributed by atoms with van der Waals surface area (Å²) in [7, 11) is 0. The first-order chi connectivity index (χ1) is 9.08. The highest BCUT2D eigenvalue weighted by molar-refractivity contribution is 6.33. The first-order valence-corrected chi connectivity index (χ1v) is 5.85. The summed E-state index contributed by atoms with van der Waals surface area (Å²) in [6, 6.07) is 9.92. The second kappa shape index (κ2) is 5.68. The summed E-state index contributed by atoms with van der Waals surface area (Å²) in [5.41, 5.74) is 1.41. The molecule has 0 aliphatic rings. The normalized spacial score (nSPS) is 10.0. The van der Waals surface area contributed by atoms with Crippen LogP contribution in [0.3, 0.4) is 0 Å². The molecule has 2 nitrogen and oxygen atoms in total. The van der Waals surface area contributed by atoms with E-state index in [9.17, 15) is 8.78 Å². The summed E-state index contributed by atoms with van der Waals surface area (Å²) in [5, 5.41) is 12.0. The number of halogens is 3. The van der Waals surface area contributed by atoms with Crippen LogP contribution < -0.4 is 5.32 Å². The zero-order valence-electron chi connectivity index (χ0n) is 9.75. The van der Waals surface area contributed by atoms with Crippen LogP contribution in [0.15, 0.2) is 36.4 Å². The molecule has 5 heteroatoms. The fourth-order valence-electron chi connectivity index (χ4n) is 1.65. The Balaban J connectivity index is 2.14. The summed E-state index contributed by atoms with van der Waals surface area (Å²) in [6.45, 7) is 0.289. The Morgan fingerprint density at radius 3 is 2.58 bits per heavy atom. The third-order valence-corrected chi connectivity index (χ3v) is 2.81. The molecule has 0 spiro atoms. The average Bonchev–Trinajstić information content (AvgIpc) is 2.37. The van der Waals surface area contributed by atoms with Crippen LogP contribution >= 0.6 is 11.6 Å². The molecule has 0 aromatic heterocycles. The Hall–Kier alpha value is -2.12. The molecule has 0 heterocycles. The molecule has 0 radical (unpaired) electrons. The standard InChI is InChI=1S/C14H9ClF2N2/c15-13-6-11(16)1-2-14(13)19-8-10-3-9(7-18)4-12(17)5-10/h1-6,19H,8H2. The number of rotatable bonds is 3. The van der Waals surface area contributed by atoms with Crippen molar-refractivity contribution < 1.29 is 8.78 Å². The molecular weight excluding hydrogens is 270 g/mol. The van der Waals surface area contributed by atoms with E-state index >= 15 is 0 Å². The third kappa shape index (κ3) is 3.43. The van der Waals surface area contributed by atoms with E-state index in [4.69, 9.17) is 16.9 Å². The fourth-order valence-corrected chi connectivity index (χ4v) is 1.88. The van der Waals surface area contributed by atoms with Crippen molar-refractivity contribution >= 4 is 17.3 Å². The molecule has 96 valence electrons. The lowest BCUT2D eigenvalue weighted by Gasteiger charge is -2.09. The van der Waals surface area contributed by atoms with Gasteiger partial charge < -0.3 is 5.32 Å². The van der Waals surface area contributed by atoms with Gasteiger partial charge in [0.15, 0.2) is 0 Å². The van der Waals surface area contributed by atoms with Crippen molar-refractivity contribution in [2.24, 2.45) is 0 Å². The number of nitriles is 1. The Morgan fingerprint density at radius 2 is 1.89 bits per heavy atom. The molecule has 19 heavy (non-hydrogen) atoms. The largest absolute Gasteiger partial charge is 0.380 e. The maximum atomic E-state index is 13.2. The molecule has 0 unspecified atom stereocenters. The van der Waals surface area contributed by atoms with E-state index in [1.807, 2.05) is 6.07 Å². The minimum absolute atomic E-state index is 0.247. The van der Waals surface area contributed by atoms with Gasteiger partial charge in [-0.1, -0.05) is 11.6 Å². The second-order valence-corrected chi connectivity index (χ2v) is 4.34. The molecule has 0 amide bonds. The lowest BCUT2D eigenvalue weighted by atomic mass is 10.1. The van der Waals surface area contributed by atoms with Crippen molar-refractivity contribution in [3.05, 3.63) is 64.2 Å². The summed E-state index contributed by atoms with van der Waals surface area (Å²) >= 11 is 5.86. The van der Waals surface area contributed by atoms with Crippen molar-refractivity contribution in [1.82, 2.24) is 0 Å². The monoisotopic (exact) mass is 278 g/mol. The second-order valence-electron chi connectivity index (χ2n) is 3.94. The Morgan fingerprint density at radius 1 is 1.11 bits per heavy atom. The molecule has 0 atom stereocenters. The van der Waals surface area contributed by atoms with Gasteiger partial charge in [0.25, 0.3) is 0 Å². The predicted molar refractivity (Wildman–Crippen MR) is 69.9 cm³/mol. The van der Waals surface area contributed by atoms with Crippen molar-refractivity contribution in [3.63, 3.8) is 0 Å². The lowest BCUT2D eigenvalue weighted by Crippen LogP contribution is -2.01. The zero-order valence-corrected chi connectivity index (χ0v) is 10.5. The Kier molecular flexibility index (Phi) is 3.98. The lowest BCUT2D eigenvalue weighted by molar-refractivity contribution is 0.625. The third-order valence-electron chi connectivity index (χ3n) is 2.50. The van der Waals surface area contributed by atoms with Crippen LogP contribution in [-0.4, -0.2) is 0 Å². The molecule has 0 aliphatic carbocycles. The van der Waals surface area contributed by atoms with Gasteiger partial charge in [0.2, 0.25) is 0 Å². The highest BCUT2D eigenvalue weighted by atomic mass is 35.5. The van der Waals surface area contributed by atoms with Crippen LogP contribution in [0.1, 0.15) is 11.1 Å². The Bertz CT molecular complexity index is 650. The van der Waals surface area contributed by atoms with Crippen LogP contribution in [0.5, 0.6) is 0 Å². The van der Waals surface area contributed by atoms with Crippen molar-refractivity contribution in [3.8, 4) is 6.07 Å². The van der Waals surface area contributed by atoms with E-state index in [-0.39, 0.29) is 17.1 Å². The van der Waals surface area contributed by atoms with Crippen LogP contribution in [0.25, 0.3) is 0 Å². The summed E-state index contributed by atoms with van der Waals surface area (Å²) in [5.74, 6) is -0.894. The highest BCUT2D eigenvalue weighted by Gasteiger charge is 2.04. The fraction of sp³-hybridized carbons (Fsp3) is 0.0714. The molecule has 2 aromatic rings. The van der Waals surface area contributed by atoms with Crippen molar-refractivity contribution in [2.75, 3.05) is 5.32 Å². The number of hydrogen-bond acceptors (Lipinski definition) is 2. The highest BCUT2D eigenvalue weighted by Crippen LogP contribution is 2.23. The van der Waals surface area contributed by atoms with Gasteiger partial charge in [0, 0.05) is 6.54 Å². The minimum atomic E-state index is -0.471.